The van der Waals surface area contributed by atoms with Gasteiger partial charge in [0.1, 0.15) is 6.10 Å². The molecule has 2 heterocycles. The molecule has 2 fully saturated rings. The van der Waals surface area contributed by atoms with Crippen LogP contribution < -0.4 is 0 Å². The molecule has 2 bridgehead atoms. The van der Waals surface area contributed by atoms with Crippen molar-refractivity contribution >= 4 is 5.97 Å². The fourth-order valence-corrected chi connectivity index (χ4v) is 4.30. The van der Waals surface area contributed by atoms with E-state index >= 15 is 0 Å². The lowest BCUT2D eigenvalue weighted by molar-refractivity contribution is -0.184. The zero-order valence-corrected chi connectivity index (χ0v) is 15.5. The Kier molecular flexibility index (Phi) is 4.82. The number of aliphatic hydroxyl groups is 1. The van der Waals surface area contributed by atoms with Crippen LogP contribution in [0, 0.1) is 11.8 Å². The zero-order valence-electron chi connectivity index (χ0n) is 15.5. The van der Waals surface area contributed by atoms with Crippen LogP contribution in [0.1, 0.15) is 72.6 Å². The average Bonchev–Trinajstić information content (AvgIpc) is 3.16. The highest BCUT2D eigenvalue weighted by Crippen LogP contribution is 2.46. The van der Waals surface area contributed by atoms with E-state index in [1.54, 1.807) is 0 Å². The molecule has 0 radical (unpaired) electrons. The number of carbonyl (C=O) groups is 1. The summed E-state index contributed by atoms with van der Waals surface area (Å²) in [6.45, 7) is 8.12. The summed E-state index contributed by atoms with van der Waals surface area (Å²) in [5.41, 5.74) is 0.369. The molecule has 0 aromatic heterocycles. The molecule has 0 amide bonds. The van der Waals surface area contributed by atoms with Gasteiger partial charge < -0.3 is 14.6 Å². The maximum absolute atomic E-state index is 12.3. The second-order valence-corrected chi connectivity index (χ2v) is 8.65. The molecule has 6 atom stereocenters. The molecule has 2 saturated heterocycles. The van der Waals surface area contributed by atoms with Gasteiger partial charge in [0.25, 0.3) is 0 Å². The van der Waals surface area contributed by atoms with Crippen molar-refractivity contribution in [1.82, 2.24) is 0 Å². The van der Waals surface area contributed by atoms with E-state index in [9.17, 15) is 9.90 Å². The summed E-state index contributed by atoms with van der Waals surface area (Å²) < 4.78 is 11.6. The van der Waals surface area contributed by atoms with Crippen molar-refractivity contribution in [2.45, 2.75) is 96.1 Å². The molecule has 0 aromatic carbocycles. The van der Waals surface area contributed by atoms with Gasteiger partial charge in [0.2, 0.25) is 0 Å². The fraction of sp³-hybridized carbons (Fsp3) is 0.850. The number of hydrogen-bond acceptors (Lipinski definition) is 4. The molecule has 24 heavy (non-hydrogen) atoms. The van der Waals surface area contributed by atoms with Gasteiger partial charge in [0.15, 0.2) is 0 Å². The van der Waals surface area contributed by atoms with Gasteiger partial charge in [-0.25, -0.2) is 0 Å². The van der Waals surface area contributed by atoms with Crippen molar-refractivity contribution in [3.05, 3.63) is 11.6 Å². The second kappa shape index (κ2) is 6.45. The van der Waals surface area contributed by atoms with Gasteiger partial charge in [0.05, 0.1) is 23.2 Å². The van der Waals surface area contributed by atoms with Crippen LogP contribution in [-0.4, -0.2) is 34.5 Å². The molecular formula is C20H32O4. The van der Waals surface area contributed by atoms with Crippen LogP contribution in [0.5, 0.6) is 0 Å². The van der Waals surface area contributed by atoms with Gasteiger partial charge in [0, 0.05) is 0 Å². The van der Waals surface area contributed by atoms with Crippen molar-refractivity contribution in [2.75, 3.05) is 0 Å². The van der Waals surface area contributed by atoms with E-state index < -0.39 is 11.7 Å². The topological polar surface area (TPSA) is 59.1 Å². The predicted molar refractivity (Wildman–Crippen MR) is 92.5 cm³/mol. The van der Waals surface area contributed by atoms with Crippen molar-refractivity contribution in [3.63, 3.8) is 0 Å². The Bertz CT molecular complexity index is 524. The minimum Gasteiger partial charge on any atom is -0.459 e. The molecule has 3 rings (SSSR count). The second-order valence-electron chi connectivity index (χ2n) is 8.65. The van der Waals surface area contributed by atoms with Crippen LogP contribution in [0.25, 0.3) is 0 Å². The molecule has 0 aromatic rings. The fourth-order valence-electron chi connectivity index (χ4n) is 4.30. The van der Waals surface area contributed by atoms with Gasteiger partial charge in [-0.15, -0.1) is 0 Å². The number of ether oxygens (including phenoxy) is 2. The van der Waals surface area contributed by atoms with E-state index in [4.69, 9.17) is 9.47 Å². The summed E-state index contributed by atoms with van der Waals surface area (Å²) in [5, 5.41) is 10.9. The van der Waals surface area contributed by atoms with Crippen LogP contribution in [0.15, 0.2) is 11.6 Å². The third kappa shape index (κ3) is 3.70. The summed E-state index contributed by atoms with van der Waals surface area (Å²) in [7, 11) is 0. The van der Waals surface area contributed by atoms with Crippen LogP contribution in [0.4, 0.5) is 0 Å². The van der Waals surface area contributed by atoms with Crippen molar-refractivity contribution in [3.8, 4) is 0 Å². The first-order valence-electron chi connectivity index (χ1n) is 9.47. The van der Waals surface area contributed by atoms with E-state index in [1.807, 2.05) is 13.8 Å². The van der Waals surface area contributed by atoms with Crippen molar-refractivity contribution < 1.29 is 19.4 Å². The molecule has 2 aliphatic heterocycles. The third-order valence-electron chi connectivity index (χ3n) is 6.54. The molecule has 1 N–H and O–H groups in total. The smallest absolute Gasteiger partial charge is 0.309 e. The first-order valence-corrected chi connectivity index (χ1v) is 9.47. The van der Waals surface area contributed by atoms with E-state index in [1.165, 1.54) is 5.57 Å². The SMILES string of the molecule is CC1=CCCC(C)(O)C2CC(CCC3(C)OC3CC1)C(C)C(=O)O2. The summed E-state index contributed by atoms with van der Waals surface area (Å²) >= 11 is 0. The van der Waals surface area contributed by atoms with Crippen LogP contribution >= 0.6 is 0 Å². The molecule has 0 saturated carbocycles. The summed E-state index contributed by atoms with van der Waals surface area (Å²) in [6.07, 6.45) is 8.44. The van der Waals surface area contributed by atoms with Crippen molar-refractivity contribution in [1.29, 1.82) is 0 Å². The van der Waals surface area contributed by atoms with Gasteiger partial charge in [-0.05, 0) is 71.6 Å². The lowest BCUT2D eigenvalue weighted by atomic mass is 9.76. The summed E-state index contributed by atoms with van der Waals surface area (Å²) in [5.74, 6) is 0.0197. The maximum atomic E-state index is 12.3. The third-order valence-corrected chi connectivity index (χ3v) is 6.54. The highest BCUT2D eigenvalue weighted by atomic mass is 16.6. The van der Waals surface area contributed by atoms with Gasteiger partial charge in [-0.3, -0.25) is 4.79 Å². The Morgan fingerprint density at radius 1 is 1.21 bits per heavy atom. The highest BCUT2D eigenvalue weighted by molar-refractivity contribution is 5.73. The molecule has 3 aliphatic rings. The van der Waals surface area contributed by atoms with Crippen molar-refractivity contribution in [2.24, 2.45) is 11.8 Å². The monoisotopic (exact) mass is 336 g/mol. The van der Waals surface area contributed by atoms with Gasteiger partial charge in [-0.2, -0.15) is 0 Å². The molecule has 1 aliphatic carbocycles. The number of epoxide rings is 1. The summed E-state index contributed by atoms with van der Waals surface area (Å²) in [4.78, 5) is 12.3. The average molecular weight is 336 g/mol. The van der Waals surface area contributed by atoms with Gasteiger partial charge in [-0.1, -0.05) is 18.6 Å². The summed E-state index contributed by atoms with van der Waals surface area (Å²) in [6, 6.07) is 0. The standard InChI is InChI=1S/C20H32O4/c1-13-6-5-10-19(3,22)17-12-15(14(2)18(21)23-17)9-11-20(4)16(24-20)8-7-13/h6,14-17,22H,5,7-12H2,1-4H3. The first kappa shape index (κ1) is 17.9. The molecule has 4 heteroatoms. The number of esters is 1. The maximum Gasteiger partial charge on any atom is 0.309 e. The minimum atomic E-state index is -0.961. The number of carbonyl (C=O) groups excluding carboxylic acids is 1. The first-order chi connectivity index (χ1) is 11.2. The minimum absolute atomic E-state index is 0.0243. The van der Waals surface area contributed by atoms with Crippen LogP contribution in [0.3, 0.4) is 0 Å². The predicted octanol–water partition coefficient (Wildman–Crippen LogP) is 3.76. The number of fused-ring (bicyclic) bond motifs is 3. The Morgan fingerprint density at radius 2 is 1.96 bits per heavy atom. The van der Waals surface area contributed by atoms with Crippen LogP contribution in [0.2, 0.25) is 0 Å². The lowest BCUT2D eigenvalue weighted by Crippen LogP contribution is -2.49. The van der Waals surface area contributed by atoms with E-state index in [0.717, 1.165) is 38.5 Å². The number of allylic oxidation sites excluding steroid dienone is 2. The Labute approximate surface area is 145 Å². The lowest BCUT2D eigenvalue weighted by Gasteiger charge is -2.40. The number of hydrogen-bond donors (Lipinski definition) is 1. The van der Waals surface area contributed by atoms with Crippen LogP contribution in [-0.2, 0) is 14.3 Å². The van der Waals surface area contributed by atoms with Gasteiger partial charge >= 0.3 is 5.97 Å². The Balaban J connectivity index is 1.78. The zero-order chi connectivity index (χ0) is 17.5. The molecular weight excluding hydrogens is 304 g/mol. The largest absolute Gasteiger partial charge is 0.459 e. The molecule has 4 nitrogen and oxygen atoms in total. The number of rotatable bonds is 0. The van der Waals surface area contributed by atoms with E-state index in [0.29, 0.717) is 12.5 Å². The molecule has 136 valence electrons. The molecule has 6 unspecified atom stereocenters. The highest BCUT2D eigenvalue weighted by Gasteiger charge is 2.52. The van der Waals surface area contributed by atoms with E-state index in [2.05, 4.69) is 19.9 Å². The van der Waals surface area contributed by atoms with E-state index in [-0.39, 0.29) is 23.4 Å². The Hall–Kier alpha value is -0.870. The quantitative estimate of drug-likeness (QED) is 0.416. The molecule has 0 spiro atoms. The normalized spacial score (nSPS) is 47.0. The Morgan fingerprint density at radius 3 is 2.71 bits per heavy atom.